The molecule has 1 N–H and O–H groups in total. The number of anilines is 1. The van der Waals surface area contributed by atoms with E-state index in [0.717, 1.165) is 29.6 Å². The van der Waals surface area contributed by atoms with Crippen molar-refractivity contribution in [3.05, 3.63) is 54.1 Å². The predicted octanol–water partition coefficient (Wildman–Crippen LogP) is 4.53. The van der Waals surface area contributed by atoms with Gasteiger partial charge in [-0.1, -0.05) is 37.3 Å². The molecule has 0 aliphatic rings. The number of aliphatic carboxylic acids is 1. The molecule has 0 saturated heterocycles. The number of rotatable bonds is 9. The molecule has 0 aliphatic carbocycles. The Balaban J connectivity index is 1.78. The fourth-order valence-corrected chi connectivity index (χ4v) is 2.95. The third-order valence-electron chi connectivity index (χ3n) is 4.55. The first-order valence-electron chi connectivity index (χ1n) is 9.51. The zero-order valence-corrected chi connectivity index (χ0v) is 16.5. The van der Waals surface area contributed by atoms with Crippen molar-refractivity contribution in [3.63, 3.8) is 0 Å². The lowest BCUT2D eigenvalue weighted by atomic mass is 10.1. The second-order valence-electron chi connectivity index (χ2n) is 7.23. The SMILES string of the molecule is CCCN(CCc1ccccc1OC(C)(C)C(=O)O)c1nc2ccccc2o1. The number of aromatic nitrogens is 1. The molecule has 0 bridgehead atoms. The Morgan fingerprint density at radius 1 is 1.14 bits per heavy atom. The van der Waals surface area contributed by atoms with Gasteiger partial charge in [0.1, 0.15) is 11.3 Å². The number of para-hydroxylation sites is 3. The summed E-state index contributed by atoms with van der Waals surface area (Å²) in [6, 6.07) is 15.9. The molecule has 6 heteroatoms. The zero-order chi connectivity index (χ0) is 20.1. The second kappa shape index (κ2) is 8.33. The van der Waals surface area contributed by atoms with E-state index < -0.39 is 11.6 Å². The van der Waals surface area contributed by atoms with Crippen LogP contribution in [0.5, 0.6) is 5.75 Å². The summed E-state index contributed by atoms with van der Waals surface area (Å²) in [4.78, 5) is 18.1. The molecule has 0 spiro atoms. The molecular formula is C22H26N2O4. The lowest BCUT2D eigenvalue weighted by Crippen LogP contribution is -2.38. The number of hydrogen-bond acceptors (Lipinski definition) is 5. The van der Waals surface area contributed by atoms with Crippen molar-refractivity contribution >= 4 is 23.1 Å². The molecule has 0 unspecified atom stereocenters. The van der Waals surface area contributed by atoms with E-state index in [4.69, 9.17) is 9.15 Å². The van der Waals surface area contributed by atoms with Gasteiger partial charge in [-0.3, -0.25) is 0 Å². The Labute approximate surface area is 164 Å². The fraction of sp³-hybridized carbons (Fsp3) is 0.364. The second-order valence-corrected chi connectivity index (χ2v) is 7.23. The van der Waals surface area contributed by atoms with E-state index in [1.165, 1.54) is 0 Å². The highest BCUT2D eigenvalue weighted by atomic mass is 16.5. The van der Waals surface area contributed by atoms with Crippen molar-refractivity contribution < 1.29 is 19.1 Å². The summed E-state index contributed by atoms with van der Waals surface area (Å²) in [6.07, 6.45) is 1.65. The van der Waals surface area contributed by atoms with Crippen LogP contribution in [0, 0.1) is 0 Å². The van der Waals surface area contributed by atoms with Crippen LogP contribution in [0.2, 0.25) is 0 Å². The van der Waals surface area contributed by atoms with E-state index in [1.54, 1.807) is 13.8 Å². The van der Waals surface area contributed by atoms with Crippen molar-refractivity contribution in [3.8, 4) is 5.75 Å². The van der Waals surface area contributed by atoms with Crippen LogP contribution >= 0.6 is 0 Å². The maximum Gasteiger partial charge on any atom is 0.347 e. The minimum atomic E-state index is -1.29. The summed E-state index contributed by atoms with van der Waals surface area (Å²) in [5.74, 6) is -0.412. The number of hydrogen-bond donors (Lipinski definition) is 1. The Hall–Kier alpha value is -3.02. The first-order valence-corrected chi connectivity index (χ1v) is 9.51. The third kappa shape index (κ3) is 4.44. The molecule has 6 nitrogen and oxygen atoms in total. The standard InChI is InChI=1S/C22H26N2O4/c1-4-14-24(21-23-17-10-6-8-12-19(17)27-21)15-13-16-9-5-7-11-18(16)28-22(2,3)20(25)26/h5-12H,4,13-15H2,1-3H3,(H,25,26). The van der Waals surface area contributed by atoms with E-state index in [9.17, 15) is 9.90 Å². The lowest BCUT2D eigenvalue weighted by Gasteiger charge is -2.24. The maximum absolute atomic E-state index is 11.4. The lowest BCUT2D eigenvalue weighted by molar-refractivity contribution is -0.152. The summed E-state index contributed by atoms with van der Waals surface area (Å²) < 4.78 is 11.7. The van der Waals surface area contributed by atoms with Crippen molar-refractivity contribution in [2.45, 2.75) is 39.2 Å². The number of nitrogens with zero attached hydrogens (tertiary/aromatic N) is 2. The van der Waals surface area contributed by atoms with E-state index in [0.29, 0.717) is 24.7 Å². The van der Waals surface area contributed by atoms with Gasteiger partial charge in [-0.2, -0.15) is 4.98 Å². The van der Waals surface area contributed by atoms with Crippen LogP contribution in [0.3, 0.4) is 0 Å². The highest BCUT2D eigenvalue weighted by Crippen LogP contribution is 2.26. The Kier molecular flexibility index (Phi) is 5.87. The van der Waals surface area contributed by atoms with E-state index >= 15 is 0 Å². The average Bonchev–Trinajstić information content (AvgIpc) is 3.10. The Bertz CT molecular complexity index is 915. The fourth-order valence-electron chi connectivity index (χ4n) is 2.95. The van der Waals surface area contributed by atoms with Gasteiger partial charge in [0.05, 0.1) is 0 Å². The number of carboxylic acid groups (broad SMARTS) is 1. The molecule has 0 saturated carbocycles. The van der Waals surface area contributed by atoms with Crippen molar-refractivity contribution in [2.24, 2.45) is 0 Å². The number of benzene rings is 2. The normalized spacial score (nSPS) is 11.5. The van der Waals surface area contributed by atoms with E-state index in [-0.39, 0.29) is 0 Å². The van der Waals surface area contributed by atoms with Crippen LogP contribution in [-0.4, -0.2) is 34.8 Å². The summed E-state index contributed by atoms with van der Waals surface area (Å²) in [6.45, 7) is 6.72. The molecule has 1 heterocycles. The summed E-state index contributed by atoms with van der Waals surface area (Å²) >= 11 is 0. The average molecular weight is 382 g/mol. The van der Waals surface area contributed by atoms with Gasteiger partial charge in [0.15, 0.2) is 11.2 Å². The minimum absolute atomic E-state index is 0.587. The number of carboxylic acids is 1. The van der Waals surface area contributed by atoms with Gasteiger partial charge in [0.25, 0.3) is 6.01 Å². The van der Waals surface area contributed by atoms with Crippen LogP contribution in [-0.2, 0) is 11.2 Å². The quantitative estimate of drug-likeness (QED) is 0.586. The predicted molar refractivity (Wildman–Crippen MR) is 109 cm³/mol. The highest BCUT2D eigenvalue weighted by molar-refractivity contribution is 5.77. The first-order chi connectivity index (χ1) is 13.4. The van der Waals surface area contributed by atoms with Crippen LogP contribution in [0.4, 0.5) is 6.01 Å². The molecule has 3 aromatic rings. The van der Waals surface area contributed by atoms with Gasteiger partial charge >= 0.3 is 5.97 Å². The molecule has 148 valence electrons. The van der Waals surface area contributed by atoms with Gasteiger partial charge in [0.2, 0.25) is 0 Å². The number of fused-ring (bicyclic) bond motifs is 1. The highest BCUT2D eigenvalue weighted by Gasteiger charge is 2.30. The van der Waals surface area contributed by atoms with Crippen LogP contribution in [0.15, 0.2) is 52.9 Å². The van der Waals surface area contributed by atoms with Crippen molar-refractivity contribution in [2.75, 3.05) is 18.0 Å². The number of ether oxygens (including phenoxy) is 1. The van der Waals surface area contributed by atoms with Crippen molar-refractivity contribution in [1.29, 1.82) is 0 Å². The van der Waals surface area contributed by atoms with Crippen LogP contribution in [0.1, 0.15) is 32.8 Å². The molecule has 3 rings (SSSR count). The smallest absolute Gasteiger partial charge is 0.347 e. The third-order valence-corrected chi connectivity index (χ3v) is 4.55. The zero-order valence-electron chi connectivity index (χ0n) is 16.5. The Morgan fingerprint density at radius 3 is 2.57 bits per heavy atom. The molecule has 0 fully saturated rings. The largest absolute Gasteiger partial charge is 0.478 e. The molecule has 0 amide bonds. The van der Waals surface area contributed by atoms with Crippen LogP contribution < -0.4 is 9.64 Å². The van der Waals surface area contributed by atoms with Gasteiger partial charge < -0.3 is 19.2 Å². The molecule has 0 atom stereocenters. The first kappa shape index (κ1) is 19.7. The molecule has 28 heavy (non-hydrogen) atoms. The van der Waals surface area contributed by atoms with Gasteiger partial charge in [0, 0.05) is 13.1 Å². The van der Waals surface area contributed by atoms with Crippen molar-refractivity contribution in [1.82, 2.24) is 4.98 Å². The summed E-state index contributed by atoms with van der Waals surface area (Å²) in [5.41, 5.74) is 1.27. The Morgan fingerprint density at radius 2 is 1.86 bits per heavy atom. The molecule has 0 aliphatic heterocycles. The maximum atomic E-state index is 11.4. The molecular weight excluding hydrogens is 356 g/mol. The molecule has 0 radical (unpaired) electrons. The van der Waals surface area contributed by atoms with Gasteiger partial charge in [-0.15, -0.1) is 0 Å². The summed E-state index contributed by atoms with van der Waals surface area (Å²) in [5, 5.41) is 9.35. The van der Waals surface area contributed by atoms with Crippen LogP contribution in [0.25, 0.3) is 11.1 Å². The van der Waals surface area contributed by atoms with E-state index in [2.05, 4.69) is 16.8 Å². The minimum Gasteiger partial charge on any atom is -0.478 e. The number of oxazole rings is 1. The van der Waals surface area contributed by atoms with Gasteiger partial charge in [-0.25, -0.2) is 4.79 Å². The topological polar surface area (TPSA) is 75.8 Å². The summed E-state index contributed by atoms with van der Waals surface area (Å²) in [7, 11) is 0. The van der Waals surface area contributed by atoms with Gasteiger partial charge in [-0.05, 0) is 50.5 Å². The molecule has 1 aromatic heterocycles. The monoisotopic (exact) mass is 382 g/mol. The number of carbonyl (C=O) groups is 1. The van der Waals surface area contributed by atoms with E-state index in [1.807, 2.05) is 48.5 Å². The molecule has 2 aromatic carbocycles.